The Kier molecular flexibility index (Phi) is 7.76. The summed E-state index contributed by atoms with van der Waals surface area (Å²) in [7, 11) is 1.62. The van der Waals surface area contributed by atoms with Crippen molar-refractivity contribution in [2.24, 2.45) is 0 Å². The van der Waals surface area contributed by atoms with Crippen LogP contribution in [-0.2, 0) is 11.2 Å². The Balaban J connectivity index is 1.54. The lowest BCUT2D eigenvalue weighted by molar-refractivity contribution is -0.121. The molecule has 0 aromatic heterocycles. The summed E-state index contributed by atoms with van der Waals surface area (Å²) in [6.07, 6.45) is 2.39. The van der Waals surface area contributed by atoms with Crippen LogP contribution in [0.5, 0.6) is 11.5 Å². The Morgan fingerprint density at radius 2 is 1.76 bits per heavy atom. The monoisotopic (exact) mass is 345 g/mol. The zero-order valence-corrected chi connectivity index (χ0v) is 14.5. The summed E-state index contributed by atoms with van der Waals surface area (Å²) < 4.78 is 24.1. The predicted molar refractivity (Wildman–Crippen MR) is 95.5 cm³/mol. The lowest BCUT2D eigenvalue weighted by Crippen LogP contribution is -2.25. The highest BCUT2D eigenvalue weighted by Gasteiger charge is 2.03. The largest absolute Gasteiger partial charge is 0.497 e. The Labute approximate surface area is 148 Å². The first-order chi connectivity index (χ1) is 12.2. The van der Waals surface area contributed by atoms with Crippen LogP contribution in [0.3, 0.4) is 0 Å². The van der Waals surface area contributed by atoms with E-state index in [0.717, 1.165) is 17.9 Å². The summed E-state index contributed by atoms with van der Waals surface area (Å²) in [5.74, 6) is 1.34. The number of nitrogens with one attached hydrogen (secondary N) is 1. The van der Waals surface area contributed by atoms with Gasteiger partial charge >= 0.3 is 0 Å². The van der Waals surface area contributed by atoms with Crippen molar-refractivity contribution < 1.29 is 18.7 Å². The van der Waals surface area contributed by atoms with Crippen molar-refractivity contribution in [3.63, 3.8) is 0 Å². The molecule has 5 heteroatoms. The molecule has 0 spiro atoms. The maximum absolute atomic E-state index is 13.5. The van der Waals surface area contributed by atoms with Gasteiger partial charge in [-0.3, -0.25) is 4.79 Å². The minimum absolute atomic E-state index is 0.00753. The van der Waals surface area contributed by atoms with Gasteiger partial charge in [0.25, 0.3) is 0 Å². The number of ether oxygens (including phenoxy) is 2. The number of halogens is 1. The second-order valence-electron chi connectivity index (χ2n) is 5.67. The molecular formula is C20H24FNO3. The highest BCUT2D eigenvalue weighted by molar-refractivity contribution is 5.75. The van der Waals surface area contributed by atoms with E-state index in [9.17, 15) is 9.18 Å². The van der Waals surface area contributed by atoms with Crippen molar-refractivity contribution in [1.82, 2.24) is 5.32 Å². The van der Waals surface area contributed by atoms with Crippen molar-refractivity contribution in [2.75, 3.05) is 20.3 Å². The molecule has 1 amide bonds. The Hall–Kier alpha value is -2.56. The fraction of sp³-hybridized carbons (Fsp3) is 0.350. The number of methoxy groups -OCH3 is 1. The van der Waals surface area contributed by atoms with E-state index in [2.05, 4.69) is 5.32 Å². The Bertz CT molecular complexity index is 658. The second-order valence-corrected chi connectivity index (χ2v) is 5.67. The number of hydrogen-bond donors (Lipinski definition) is 1. The summed E-state index contributed by atoms with van der Waals surface area (Å²) in [6, 6.07) is 14.1. The number of rotatable bonds is 10. The van der Waals surface area contributed by atoms with Crippen LogP contribution in [0.4, 0.5) is 4.39 Å². The molecule has 2 aromatic rings. The standard InChI is InChI=1S/C20H24FNO3/c1-24-17-10-12-18(13-11-17)25-15-5-9-20(23)22-14-4-7-16-6-2-3-8-19(16)21/h2-3,6,8,10-13H,4-5,7,9,14-15H2,1H3,(H,22,23). The van der Waals surface area contributed by atoms with Crippen LogP contribution in [0, 0.1) is 5.82 Å². The van der Waals surface area contributed by atoms with Crippen LogP contribution in [0.15, 0.2) is 48.5 Å². The Morgan fingerprint density at radius 3 is 2.48 bits per heavy atom. The van der Waals surface area contributed by atoms with Gasteiger partial charge in [0, 0.05) is 13.0 Å². The molecular weight excluding hydrogens is 321 g/mol. The summed E-state index contributed by atoms with van der Waals surface area (Å²) in [5, 5.41) is 2.85. The van der Waals surface area contributed by atoms with E-state index >= 15 is 0 Å². The van der Waals surface area contributed by atoms with Gasteiger partial charge in [-0.25, -0.2) is 4.39 Å². The first kappa shape index (κ1) is 18.8. The van der Waals surface area contributed by atoms with Gasteiger partial charge < -0.3 is 14.8 Å². The number of carbonyl (C=O) groups excluding carboxylic acids is 1. The van der Waals surface area contributed by atoms with E-state index in [1.54, 1.807) is 19.2 Å². The lowest BCUT2D eigenvalue weighted by atomic mass is 10.1. The minimum atomic E-state index is -0.190. The molecule has 0 fully saturated rings. The Morgan fingerprint density at radius 1 is 1.04 bits per heavy atom. The van der Waals surface area contributed by atoms with Gasteiger partial charge in [0.1, 0.15) is 17.3 Å². The van der Waals surface area contributed by atoms with Gasteiger partial charge in [0.15, 0.2) is 0 Å². The van der Waals surface area contributed by atoms with E-state index in [0.29, 0.717) is 38.0 Å². The number of hydrogen-bond acceptors (Lipinski definition) is 3. The molecule has 2 aromatic carbocycles. The minimum Gasteiger partial charge on any atom is -0.497 e. The molecule has 1 N–H and O–H groups in total. The zero-order chi connectivity index (χ0) is 17.9. The van der Waals surface area contributed by atoms with Crippen molar-refractivity contribution in [2.45, 2.75) is 25.7 Å². The fourth-order valence-corrected chi connectivity index (χ4v) is 2.39. The summed E-state index contributed by atoms with van der Waals surface area (Å²) >= 11 is 0. The van der Waals surface area contributed by atoms with Gasteiger partial charge in [-0.15, -0.1) is 0 Å². The van der Waals surface area contributed by atoms with Gasteiger partial charge in [0.05, 0.1) is 13.7 Å². The second kappa shape index (κ2) is 10.3. The molecule has 134 valence electrons. The first-order valence-corrected chi connectivity index (χ1v) is 8.46. The number of carbonyl (C=O) groups is 1. The molecule has 0 unspecified atom stereocenters. The SMILES string of the molecule is COc1ccc(OCCCC(=O)NCCCc2ccccc2F)cc1. The molecule has 0 aliphatic carbocycles. The van der Waals surface area contributed by atoms with Crippen LogP contribution in [0.1, 0.15) is 24.8 Å². The number of aryl methyl sites for hydroxylation is 1. The maximum Gasteiger partial charge on any atom is 0.220 e. The topological polar surface area (TPSA) is 47.6 Å². The quantitative estimate of drug-likeness (QED) is 0.667. The molecule has 0 atom stereocenters. The van der Waals surface area contributed by atoms with Crippen LogP contribution >= 0.6 is 0 Å². The summed E-state index contributed by atoms with van der Waals surface area (Å²) in [4.78, 5) is 11.8. The summed E-state index contributed by atoms with van der Waals surface area (Å²) in [6.45, 7) is 1.03. The molecule has 0 aliphatic heterocycles. The van der Waals surface area contributed by atoms with E-state index in [1.807, 2.05) is 30.3 Å². The van der Waals surface area contributed by atoms with Gasteiger partial charge in [-0.2, -0.15) is 0 Å². The lowest BCUT2D eigenvalue weighted by Gasteiger charge is -2.08. The van der Waals surface area contributed by atoms with Crippen molar-refractivity contribution >= 4 is 5.91 Å². The molecule has 2 rings (SSSR count). The van der Waals surface area contributed by atoms with E-state index in [1.165, 1.54) is 6.07 Å². The highest BCUT2D eigenvalue weighted by atomic mass is 19.1. The van der Waals surface area contributed by atoms with Crippen LogP contribution in [0.2, 0.25) is 0 Å². The normalized spacial score (nSPS) is 10.3. The van der Waals surface area contributed by atoms with E-state index in [-0.39, 0.29) is 11.7 Å². The van der Waals surface area contributed by atoms with E-state index in [4.69, 9.17) is 9.47 Å². The van der Waals surface area contributed by atoms with Crippen molar-refractivity contribution in [3.05, 3.63) is 59.9 Å². The molecule has 25 heavy (non-hydrogen) atoms. The molecule has 0 saturated carbocycles. The van der Waals surface area contributed by atoms with Gasteiger partial charge in [-0.05, 0) is 55.2 Å². The molecule has 0 radical (unpaired) electrons. The third-order valence-corrected chi connectivity index (χ3v) is 3.78. The van der Waals surface area contributed by atoms with Crippen LogP contribution in [0.25, 0.3) is 0 Å². The number of benzene rings is 2. The zero-order valence-electron chi connectivity index (χ0n) is 14.5. The average molecular weight is 345 g/mol. The third-order valence-electron chi connectivity index (χ3n) is 3.78. The fourth-order valence-electron chi connectivity index (χ4n) is 2.39. The van der Waals surface area contributed by atoms with E-state index < -0.39 is 0 Å². The molecule has 0 heterocycles. The predicted octanol–water partition coefficient (Wildman–Crippen LogP) is 3.74. The first-order valence-electron chi connectivity index (χ1n) is 8.46. The van der Waals surface area contributed by atoms with Gasteiger partial charge in [-0.1, -0.05) is 18.2 Å². The number of amides is 1. The van der Waals surface area contributed by atoms with Crippen molar-refractivity contribution in [3.8, 4) is 11.5 Å². The molecule has 0 saturated heterocycles. The van der Waals surface area contributed by atoms with Crippen molar-refractivity contribution in [1.29, 1.82) is 0 Å². The molecule has 4 nitrogen and oxygen atoms in total. The smallest absolute Gasteiger partial charge is 0.220 e. The average Bonchev–Trinajstić information content (AvgIpc) is 2.64. The van der Waals surface area contributed by atoms with Gasteiger partial charge in [0.2, 0.25) is 5.91 Å². The van der Waals surface area contributed by atoms with Crippen LogP contribution in [-0.4, -0.2) is 26.2 Å². The maximum atomic E-state index is 13.5. The highest BCUT2D eigenvalue weighted by Crippen LogP contribution is 2.17. The van der Waals surface area contributed by atoms with Crippen LogP contribution < -0.4 is 14.8 Å². The molecule has 0 aliphatic rings. The summed E-state index contributed by atoms with van der Waals surface area (Å²) in [5.41, 5.74) is 0.685. The third kappa shape index (κ3) is 6.83. The molecule has 0 bridgehead atoms.